The van der Waals surface area contributed by atoms with Crippen LogP contribution >= 0.6 is 0 Å². The monoisotopic (exact) mass is 165 g/mol. The van der Waals surface area contributed by atoms with E-state index in [0.717, 1.165) is 6.54 Å². The molecule has 0 saturated heterocycles. The van der Waals surface area contributed by atoms with Crippen molar-refractivity contribution in [3.8, 4) is 0 Å². The molecule has 1 aliphatic heterocycles. The predicted molar refractivity (Wildman–Crippen MR) is 41.2 cm³/mol. The molecule has 5 nitrogen and oxygen atoms in total. The van der Waals surface area contributed by atoms with Gasteiger partial charge >= 0.3 is 5.97 Å². The number of nitrogens with one attached hydrogen (secondary N) is 1. The first-order valence-electron chi connectivity index (χ1n) is 3.60. The zero-order valence-corrected chi connectivity index (χ0v) is 6.24. The number of aromatic carboxylic acids is 1. The summed E-state index contributed by atoms with van der Waals surface area (Å²) in [4.78, 5) is 18.3. The van der Waals surface area contributed by atoms with Crippen LogP contribution in [0.1, 0.15) is 16.1 Å². The lowest BCUT2D eigenvalue weighted by Crippen LogP contribution is -2.05. The Morgan fingerprint density at radius 1 is 1.58 bits per heavy atom. The van der Waals surface area contributed by atoms with Crippen molar-refractivity contribution < 1.29 is 9.90 Å². The minimum Gasteiger partial charge on any atom is -0.476 e. The molecule has 2 rings (SSSR count). The molecule has 0 aliphatic carbocycles. The molecule has 0 saturated carbocycles. The average molecular weight is 165 g/mol. The molecule has 1 aliphatic rings. The standard InChI is InChI=1S/C7H7N3O2/c11-7(12)5-4-1-2-8-6(4)10-3-9-5/h3H,1-2H2,(H,11,12)(H,8,9,10). The Kier molecular flexibility index (Phi) is 1.43. The van der Waals surface area contributed by atoms with Crippen molar-refractivity contribution in [2.45, 2.75) is 6.42 Å². The van der Waals surface area contributed by atoms with Gasteiger partial charge in [-0.15, -0.1) is 0 Å². The van der Waals surface area contributed by atoms with Gasteiger partial charge in [-0.2, -0.15) is 0 Å². The molecule has 0 atom stereocenters. The van der Waals surface area contributed by atoms with Crippen LogP contribution in [-0.2, 0) is 6.42 Å². The smallest absolute Gasteiger partial charge is 0.354 e. The molecule has 12 heavy (non-hydrogen) atoms. The van der Waals surface area contributed by atoms with Crippen molar-refractivity contribution >= 4 is 11.8 Å². The number of hydrogen-bond donors (Lipinski definition) is 2. The molecule has 0 spiro atoms. The van der Waals surface area contributed by atoms with Crippen LogP contribution in [0, 0.1) is 0 Å². The third-order valence-corrected chi connectivity index (χ3v) is 1.82. The summed E-state index contributed by atoms with van der Waals surface area (Å²) in [5.74, 6) is -0.334. The Bertz CT molecular complexity index is 337. The van der Waals surface area contributed by atoms with E-state index in [1.54, 1.807) is 0 Å². The molecule has 0 radical (unpaired) electrons. The molecule has 2 N–H and O–H groups in total. The average Bonchev–Trinajstić information content (AvgIpc) is 2.49. The van der Waals surface area contributed by atoms with Gasteiger partial charge in [0.1, 0.15) is 12.1 Å². The van der Waals surface area contributed by atoms with Gasteiger partial charge in [-0.3, -0.25) is 0 Å². The van der Waals surface area contributed by atoms with E-state index in [2.05, 4.69) is 15.3 Å². The Morgan fingerprint density at radius 3 is 3.17 bits per heavy atom. The number of aromatic nitrogens is 2. The first kappa shape index (κ1) is 7.02. The lowest BCUT2D eigenvalue weighted by Gasteiger charge is -1.99. The minimum absolute atomic E-state index is 0.116. The number of nitrogens with zero attached hydrogens (tertiary/aromatic N) is 2. The fourth-order valence-electron chi connectivity index (χ4n) is 1.29. The molecular formula is C7H7N3O2. The Hall–Kier alpha value is -1.65. The van der Waals surface area contributed by atoms with Gasteiger partial charge in [-0.05, 0) is 6.42 Å². The molecule has 1 aromatic heterocycles. The van der Waals surface area contributed by atoms with Crippen molar-refractivity contribution in [3.05, 3.63) is 17.6 Å². The molecule has 0 fully saturated rings. The highest BCUT2D eigenvalue weighted by molar-refractivity contribution is 5.88. The SMILES string of the molecule is O=C(O)c1ncnc2c1CCN2. The van der Waals surface area contributed by atoms with E-state index in [9.17, 15) is 4.79 Å². The summed E-state index contributed by atoms with van der Waals surface area (Å²) >= 11 is 0. The van der Waals surface area contributed by atoms with Crippen LogP contribution in [0.2, 0.25) is 0 Å². The summed E-state index contributed by atoms with van der Waals surface area (Å²) in [6.07, 6.45) is 1.96. The highest BCUT2D eigenvalue weighted by Crippen LogP contribution is 2.20. The summed E-state index contributed by atoms with van der Waals surface area (Å²) < 4.78 is 0. The largest absolute Gasteiger partial charge is 0.476 e. The lowest BCUT2D eigenvalue weighted by atomic mass is 10.2. The van der Waals surface area contributed by atoms with Crippen LogP contribution in [0.3, 0.4) is 0 Å². The first-order valence-corrected chi connectivity index (χ1v) is 3.60. The van der Waals surface area contributed by atoms with Crippen LogP contribution in [0.5, 0.6) is 0 Å². The van der Waals surface area contributed by atoms with E-state index in [1.807, 2.05) is 0 Å². The lowest BCUT2D eigenvalue weighted by molar-refractivity contribution is 0.0689. The van der Waals surface area contributed by atoms with E-state index < -0.39 is 5.97 Å². The van der Waals surface area contributed by atoms with Crippen LogP contribution in [-0.4, -0.2) is 27.6 Å². The van der Waals surface area contributed by atoms with Gasteiger partial charge in [0.15, 0.2) is 5.69 Å². The molecule has 0 bridgehead atoms. The molecule has 62 valence electrons. The quantitative estimate of drug-likeness (QED) is 0.619. The van der Waals surface area contributed by atoms with E-state index in [1.165, 1.54) is 6.33 Å². The molecule has 1 aromatic rings. The van der Waals surface area contributed by atoms with Crippen LogP contribution in [0.15, 0.2) is 6.33 Å². The zero-order chi connectivity index (χ0) is 8.55. The Morgan fingerprint density at radius 2 is 2.42 bits per heavy atom. The number of fused-ring (bicyclic) bond motifs is 1. The van der Waals surface area contributed by atoms with Gasteiger partial charge < -0.3 is 10.4 Å². The number of rotatable bonds is 1. The number of carboxylic acid groups (broad SMARTS) is 1. The molecule has 0 aromatic carbocycles. The van der Waals surface area contributed by atoms with Gasteiger partial charge in [0, 0.05) is 12.1 Å². The highest BCUT2D eigenvalue weighted by Gasteiger charge is 2.20. The predicted octanol–water partition coefficient (Wildman–Crippen LogP) is 0.143. The highest BCUT2D eigenvalue weighted by atomic mass is 16.4. The maximum absolute atomic E-state index is 10.6. The fraction of sp³-hybridized carbons (Fsp3) is 0.286. The number of carboxylic acids is 1. The van der Waals surface area contributed by atoms with E-state index in [0.29, 0.717) is 17.8 Å². The van der Waals surface area contributed by atoms with Gasteiger partial charge in [-0.25, -0.2) is 14.8 Å². The number of anilines is 1. The van der Waals surface area contributed by atoms with E-state index in [-0.39, 0.29) is 5.69 Å². The topological polar surface area (TPSA) is 75.1 Å². The number of hydrogen-bond acceptors (Lipinski definition) is 4. The first-order chi connectivity index (χ1) is 5.79. The minimum atomic E-state index is -0.989. The molecule has 0 amide bonds. The summed E-state index contributed by atoms with van der Waals surface area (Å²) in [5, 5.41) is 11.7. The zero-order valence-electron chi connectivity index (χ0n) is 6.24. The third-order valence-electron chi connectivity index (χ3n) is 1.82. The van der Waals surface area contributed by atoms with Gasteiger partial charge in [0.2, 0.25) is 0 Å². The molecule has 2 heterocycles. The van der Waals surface area contributed by atoms with Gasteiger partial charge in [-0.1, -0.05) is 0 Å². The van der Waals surface area contributed by atoms with Crippen molar-refractivity contribution in [2.75, 3.05) is 11.9 Å². The second kappa shape index (κ2) is 2.44. The normalized spacial score (nSPS) is 13.7. The fourth-order valence-corrected chi connectivity index (χ4v) is 1.29. The molecule has 0 unspecified atom stereocenters. The van der Waals surface area contributed by atoms with Gasteiger partial charge in [0.25, 0.3) is 0 Å². The van der Waals surface area contributed by atoms with Gasteiger partial charge in [0.05, 0.1) is 0 Å². The van der Waals surface area contributed by atoms with Crippen molar-refractivity contribution in [3.63, 3.8) is 0 Å². The second-order valence-electron chi connectivity index (χ2n) is 2.53. The second-order valence-corrected chi connectivity index (χ2v) is 2.53. The maximum atomic E-state index is 10.6. The summed E-state index contributed by atoms with van der Waals surface area (Å²) in [7, 11) is 0. The Balaban J connectivity index is 2.56. The summed E-state index contributed by atoms with van der Waals surface area (Å²) in [5.41, 5.74) is 0.829. The van der Waals surface area contributed by atoms with Crippen molar-refractivity contribution in [1.82, 2.24) is 9.97 Å². The van der Waals surface area contributed by atoms with Crippen LogP contribution in [0.4, 0.5) is 5.82 Å². The van der Waals surface area contributed by atoms with Crippen LogP contribution in [0.25, 0.3) is 0 Å². The maximum Gasteiger partial charge on any atom is 0.354 e. The van der Waals surface area contributed by atoms with E-state index >= 15 is 0 Å². The Labute approximate surface area is 68.5 Å². The van der Waals surface area contributed by atoms with Crippen molar-refractivity contribution in [1.29, 1.82) is 0 Å². The molecular weight excluding hydrogens is 158 g/mol. The van der Waals surface area contributed by atoms with E-state index in [4.69, 9.17) is 5.11 Å². The summed E-state index contributed by atoms with van der Waals surface area (Å²) in [6, 6.07) is 0. The van der Waals surface area contributed by atoms with Crippen molar-refractivity contribution in [2.24, 2.45) is 0 Å². The third kappa shape index (κ3) is 0.903. The molecule has 5 heteroatoms. The van der Waals surface area contributed by atoms with Crippen LogP contribution < -0.4 is 5.32 Å². The number of carbonyl (C=O) groups is 1. The summed E-state index contributed by atoms with van der Waals surface area (Å²) in [6.45, 7) is 0.744.